The van der Waals surface area contributed by atoms with Crippen molar-refractivity contribution in [3.05, 3.63) is 75.9 Å². The van der Waals surface area contributed by atoms with Crippen LogP contribution in [-0.4, -0.2) is 100 Å². The number of ether oxygens (including phenoxy) is 8. The van der Waals surface area contributed by atoms with Crippen molar-refractivity contribution < 1.29 is 66.7 Å². The molecule has 0 bridgehead atoms. The van der Waals surface area contributed by atoms with Crippen molar-refractivity contribution in [1.29, 1.82) is 10.8 Å². The molecular formula is C30H36N2O14. The minimum atomic E-state index is -1.66. The molecule has 16 heteroatoms. The first-order chi connectivity index (χ1) is 21.7. The van der Waals surface area contributed by atoms with E-state index in [1.54, 1.807) is 0 Å². The quantitative estimate of drug-likeness (QED) is 0.0422. The highest BCUT2D eigenvalue weighted by atomic mass is 16.6. The van der Waals surface area contributed by atoms with Crippen LogP contribution in [0.15, 0.2) is 75.9 Å². The van der Waals surface area contributed by atoms with E-state index in [1.807, 2.05) is 0 Å². The summed E-state index contributed by atoms with van der Waals surface area (Å²) in [5.41, 5.74) is -3.33. The molecule has 2 N–H and O–H groups in total. The smallest absolute Gasteiger partial charge is 0.417 e. The molecule has 0 aliphatic rings. The van der Waals surface area contributed by atoms with Crippen LogP contribution in [-0.2, 0) is 66.7 Å². The molecule has 0 rings (SSSR count). The zero-order chi connectivity index (χ0) is 35.2. The van der Waals surface area contributed by atoms with Crippen molar-refractivity contribution in [2.24, 2.45) is 10.8 Å². The Hall–Kier alpha value is -5.80. The third-order valence-corrected chi connectivity index (χ3v) is 5.37. The summed E-state index contributed by atoms with van der Waals surface area (Å²) >= 11 is 0. The molecule has 0 aromatic rings. The third-order valence-electron chi connectivity index (χ3n) is 5.37. The van der Waals surface area contributed by atoms with Crippen LogP contribution in [0.5, 0.6) is 0 Å². The monoisotopic (exact) mass is 648 g/mol. The van der Waals surface area contributed by atoms with Crippen LogP contribution in [0.1, 0.15) is 0 Å². The first kappa shape index (κ1) is 40.2. The average Bonchev–Trinajstić information content (AvgIpc) is 3.08. The normalized spacial score (nSPS) is 10.3. The Morgan fingerprint density at radius 3 is 0.826 bits per heavy atom. The number of carbonyl (C=O) groups is 6. The largest absolute Gasteiger partial charge is 0.477 e. The Morgan fingerprint density at radius 1 is 0.391 bits per heavy atom. The number of rotatable bonds is 22. The van der Waals surface area contributed by atoms with Gasteiger partial charge in [0.15, 0.2) is 0 Å². The summed E-state index contributed by atoms with van der Waals surface area (Å²) in [7, 11) is 0. The Bertz CT molecular complexity index is 1020. The van der Waals surface area contributed by atoms with Gasteiger partial charge in [0.25, 0.3) is 0 Å². The van der Waals surface area contributed by atoms with Gasteiger partial charge >= 0.3 is 35.8 Å². The van der Waals surface area contributed by atoms with Crippen molar-refractivity contribution in [2.45, 2.75) is 0 Å². The molecule has 0 amide bonds. The highest BCUT2D eigenvalue weighted by molar-refractivity contribution is 6.29. The second-order valence-corrected chi connectivity index (χ2v) is 9.11. The molecule has 0 atom stereocenters. The van der Waals surface area contributed by atoms with E-state index in [1.165, 1.54) is 0 Å². The van der Waals surface area contributed by atoms with Gasteiger partial charge in [-0.2, -0.15) is 0 Å². The fraction of sp³-hybridized carbons (Fsp3) is 0.333. The van der Waals surface area contributed by atoms with E-state index in [0.29, 0.717) is 0 Å². The molecule has 0 heterocycles. The lowest BCUT2D eigenvalue weighted by molar-refractivity contribution is -0.179. The number of nitrogens with one attached hydrogen (secondary N) is 2. The van der Waals surface area contributed by atoms with Crippen molar-refractivity contribution in [3.63, 3.8) is 0 Å². The summed E-state index contributed by atoms with van der Waals surface area (Å²) in [4.78, 5) is 72.5. The van der Waals surface area contributed by atoms with E-state index in [-0.39, 0.29) is 0 Å². The molecule has 250 valence electrons. The van der Waals surface area contributed by atoms with Crippen LogP contribution < -0.4 is 0 Å². The van der Waals surface area contributed by atoms with Crippen molar-refractivity contribution >= 4 is 47.6 Å². The van der Waals surface area contributed by atoms with E-state index < -0.39 is 111 Å². The first-order valence-electron chi connectivity index (χ1n) is 12.9. The summed E-state index contributed by atoms with van der Waals surface area (Å²) in [6, 6.07) is 0. The molecule has 0 aliphatic heterocycles. The number of hydrogen-bond donors (Lipinski definition) is 2. The van der Waals surface area contributed by atoms with Gasteiger partial charge in [-0.3, -0.25) is 10.8 Å². The van der Waals surface area contributed by atoms with Crippen LogP contribution in [0.25, 0.3) is 0 Å². The van der Waals surface area contributed by atoms with Crippen LogP contribution in [0.3, 0.4) is 0 Å². The standard InChI is InChI=1S/C30H36N2O14/c1-7-21(31)39-13-29(15-41-23(33)9-3,16-42-24(34)10-4)19-45-27(37)28(38)46-20-30(14-40-22(32)8-2,17-43-25(35)11-5)18-44-26(36)12-6/h7-12,31-32H,1-6,13-20H2. The van der Waals surface area contributed by atoms with Gasteiger partial charge in [0.05, 0.1) is 0 Å². The minimum Gasteiger partial charge on any atom is -0.477 e. The van der Waals surface area contributed by atoms with E-state index in [0.717, 1.165) is 36.5 Å². The van der Waals surface area contributed by atoms with Crippen LogP contribution in [0, 0.1) is 21.6 Å². The molecule has 0 fully saturated rings. The fourth-order valence-corrected chi connectivity index (χ4v) is 2.77. The first-order valence-corrected chi connectivity index (χ1v) is 12.9. The Morgan fingerprint density at radius 2 is 0.609 bits per heavy atom. The highest BCUT2D eigenvalue weighted by Crippen LogP contribution is 2.24. The molecule has 0 saturated carbocycles. The van der Waals surface area contributed by atoms with Crippen LogP contribution >= 0.6 is 0 Å². The zero-order valence-electron chi connectivity index (χ0n) is 25.1. The van der Waals surface area contributed by atoms with Crippen molar-refractivity contribution in [3.8, 4) is 0 Å². The van der Waals surface area contributed by atoms with E-state index in [4.69, 9.17) is 48.7 Å². The van der Waals surface area contributed by atoms with Crippen LogP contribution in [0.2, 0.25) is 0 Å². The van der Waals surface area contributed by atoms with Gasteiger partial charge in [0.2, 0.25) is 11.8 Å². The Labute approximate surface area is 264 Å². The maximum absolute atomic E-state index is 12.7. The molecule has 0 spiro atoms. The van der Waals surface area contributed by atoms with Gasteiger partial charge in [0, 0.05) is 24.3 Å². The molecule has 46 heavy (non-hydrogen) atoms. The van der Waals surface area contributed by atoms with Crippen molar-refractivity contribution in [1.82, 2.24) is 0 Å². The number of hydrogen-bond acceptors (Lipinski definition) is 16. The Balaban J connectivity index is 6.10. The number of esters is 6. The lowest BCUT2D eigenvalue weighted by atomic mass is 9.92. The predicted molar refractivity (Wildman–Crippen MR) is 159 cm³/mol. The summed E-state index contributed by atoms with van der Waals surface area (Å²) < 4.78 is 40.8. The molecular weight excluding hydrogens is 612 g/mol. The molecule has 0 aromatic carbocycles. The lowest BCUT2D eigenvalue weighted by Gasteiger charge is -2.32. The summed E-state index contributed by atoms with van der Waals surface area (Å²) in [6.45, 7) is 14.8. The molecule has 16 nitrogen and oxygen atoms in total. The van der Waals surface area contributed by atoms with Gasteiger partial charge in [-0.1, -0.05) is 39.5 Å². The van der Waals surface area contributed by atoms with E-state index in [2.05, 4.69) is 39.5 Å². The summed E-state index contributed by atoms with van der Waals surface area (Å²) in [6.07, 6.45) is 5.40. The highest BCUT2D eigenvalue weighted by Gasteiger charge is 2.40. The zero-order valence-corrected chi connectivity index (χ0v) is 25.1. The van der Waals surface area contributed by atoms with E-state index >= 15 is 0 Å². The SMILES string of the molecule is C=CC(=N)OCC(COC(=O)C=C)(COC(=O)C=C)COC(=O)C(=O)OCC(COC(=N)C=C)(COC(=O)C=C)COC(=O)C=C. The average molecular weight is 649 g/mol. The summed E-state index contributed by atoms with van der Waals surface area (Å²) in [5.74, 6) is -7.65. The van der Waals surface area contributed by atoms with Gasteiger partial charge in [0.1, 0.15) is 63.7 Å². The second kappa shape index (κ2) is 21.0. The maximum Gasteiger partial charge on any atom is 0.417 e. The third kappa shape index (κ3) is 15.6. The molecule has 0 radical (unpaired) electrons. The Kier molecular flexibility index (Phi) is 18.3. The van der Waals surface area contributed by atoms with Gasteiger partial charge in [-0.25, -0.2) is 28.8 Å². The van der Waals surface area contributed by atoms with Gasteiger partial charge in [-0.05, 0) is 12.2 Å². The van der Waals surface area contributed by atoms with Gasteiger partial charge in [-0.15, -0.1) is 0 Å². The maximum atomic E-state index is 12.7. The summed E-state index contributed by atoms with van der Waals surface area (Å²) in [5, 5.41) is 15.3. The number of carbonyl (C=O) groups excluding carboxylic acids is 6. The van der Waals surface area contributed by atoms with Crippen molar-refractivity contribution in [2.75, 3.05) is 52.9 Å². The molecule has 0 saturated heterocycles. The minimum absolute atomic E-state index is 0.433. The lowest BCUT2D eigenvalue weighted by Crippen LogP contribution is -2.45. The topological polar surface area (TPSA) is 224 Å². The predicted octanol–water partition coefficient (Wildman–Crippen LogP) is 1.32. The van der Waals surface area contributed by atoms with E-state index in [9.17, 15) is 28.8 Å². The molecule has 0 unspecified atom stereocenters. The second-order valence-electron chi connectivity index (χ2n) is 9.11. The fourth-order valence-electron chi connectivity index (χ4n) is 2.77. The molecule has 0 aliphatic carbocycles. The van der Waals surface area contributed by atoms with Gasteiger partial charge < -0.3 is 37.9 Å². The molecule has 0 aromatic heterocycles. The van der Waals surface area contributed by atoms with Crippen LogP contribution in [0.4, 0.5) is 0 Å².